The zero-order valence-electron chi connectivity index (χ0n) is 7.20. The Balaban J connectivity index is 4.24. The van der Waals surface area contributed by atoms with Gasteiger partial charge in [0, 0.05) is 12.2 Å². The van der Waals surface area contributed by atoms with Crippen molar-refractivity contribution in [1.82, 2.24) is 0 Å². The van der Waals surface area contributed by atoms with Crippen LogP contribution in [0.1, 0.15) is 6.92 Å². The summed E-state index contributed by atoms with van der Waals surface area (Å²) in [7, 11) is 1.44. The molecule has 0 heterocycles. The highest BCUT2D eigenvalue weighted by Gasteiger charge is 1.96. The third-order valence-electron chi connectivity index (χ3n) is 1.08. The van der Waals surface area contributed by atoms with E-state index in [1.165, 1.54) is 19.4 Å². The Morgan fingerprint density at radius 3 is 2.58 bits per heavy atom. The number of ether oxygens (including phenoxy) is 1. The van der Waals surface area contributed by atoms with Crippen molar-refractivity contribution in [2.75, 3.05) is 7.11 Å². The summed E-state index contributed by atoms with van der Waals surface area (Å²) in [6, 6.07) is 0. The summed E-state index contributed by atoms with van der Waals surface area (Å²) in [6.45, 7) is 5.07. The first-order chi connectivity index (χ1) is 5.57. The van der Waals surface area contributed by atoms with Crippen LogP contribution in [-0.2, 0) is 9.53 Å². The number of allylic oxidation sites excluding steroid dienone is 3. The van der Waals surface area contributed by atoms with Gasteiger partial charge in [-0.1, -0.05) is 6.58 Å². The van der Waals surface area contributed by atoms with E-state index < -0.39 is 0 Å². The monoisotopic (exact) mass is 168 g/mol. The molecule has 0 spiro atoms. The van der Waals surface area contributed by atoms with E-state index in [1.807, 2.05) is 0 Å². The number of carbonyl (C=O) groups excluding carboxylic acids is 1. The Bertz CT molecular complexity index is 236. The van der Waals surface area contributed by atoms with Crippen LogP contribution >= 0.6 is 0 Å². The second-order valence-corrected chi connectivity index (χ2v) is 2.25. The van der Waals surface area contributed by atoms with Crippen LogP contribution in [0.25, 0.3) is 0 Å². The van der Waals surface area contributed by atoms with Gasteiger partial charge in [0.05, 0.1) is 13.4 Å². The summed E-state index contributed by atoms with van der Waals surface area (Å²) in [5, 5.41) is 9.06. The van der Waals surface area contributed by atoms with Crippen molar-refractivity contribution in [2.45, 2.75) is 6.92 Å². The molecular formula is C9H12O3. The molecule has 0 aromatic rings. The van der Waals surface area contributed by atoms with Crippen LogP contribution in [0.5, 0.6) is 0 Å². The highest BCUT2D eigenvalue weighted by atomic mass is 16.5. The minimum Gasteiger partial charge on any atom is -0.508 e. The van der Waals surface area contributed by atoms with Gasteiger partial charge in [0.1, 0.15) is 5.76 Å². The van der Waals surface area contributed by atoms with Gasteiger partial charge in [-0.3, -0.25) is 4.79 Å². The van der Waals surface area contributed by atoms with Crippen LogP contribution in [0.15, 0.2) is 36.3 Å². The molecule has 0 aromatic heterocycles. The average molecular weight is 168 g/mol. The molecule has 66 valence electrons. The normalized spacial score (nSPS) is 11.7. The van der Waals surface area contributed by atoms with Crippen molar-refractivity contribution in [3.63, 3.8) is 0 Å². The summed E-state index contributed by atoms with van der Waals surface area (Å²) in [5.41, 5.74) is 0.453. The average Bonchev–Trinajstić information content (AvgIpc) is 2.00. The fraction of sp³-hybridized carbons (Fsp3) is 0.222. The molecule has 0 amide bonds. The van der Waals surface area contributed by atoms with E-state index in [0.717, 1.165) is 6.08 Å². The molecule has 0 aromatic carbocycles. The maximum Gasteiger partial charge on any atom is 0.185 e. The number of carbonyl (C=O) groups is 1. The predicted octanol–water partition coefficient (Wildman–Crippen LogP) is 1.73. The second-order valence-electron chi connectivity index (χ2n) is 2.25. The molecule has 1 N–H and O–H groups in total. The van der Waals surface area contributed by atoms with Crippen LogP contribution in [0, 0.1) is 0 Å². The van der Waals surface area contributed by atoms with Crippen molar-refractivity contribution < 1.29 is 14.6 Å². The molecule has 0 saturated heterocycles. The van der Waals surface area contributed by atoms with Crippen LogP contribution < -0.4 is 0 Å². The summed E-state index contributed by atoms with van der Waals surface area (Å²) in [4.78, 5) is 10.9. The lowest BCUT2D eigenvalue weighted by atomic mass is 10.2. The molecule has 0 unspecified atom stereocenters. The van der Waals surface area contributed by atoms with Crippen LogP contribution in [0.2, 0.25) is 0 Å². The van der Waals surface area contributed by atoms with Gasteiger partial charge in [0.25, 0.3) is 0 Å². The largest absolute Gasteiger partial charge is 0.508 e. The van der Waals surface area contributed by atoms with E-state index in [-0.39, 0.29) is 11.5 Å². The third-order valence-corrected chi connectivity index (χ3v) is 1.08. The Morgan fingerprint density at radius 2 is 2.17 bits per heavy atom. The number of hydrogen-bond acceptors (Lipinski definition) is 3. The smallest absolute Gasteiger partial charge is 0.185 e. The van der Waals surface area contributed by atoms with Crippen LogP contribution in [-0.4, -0.2) is 18.0 Å². The van der Waals surface area contributed by atoms with E-state index in [2.05, 4.69) is 11.3 Å². The summed E-state index contributed by atoms with van der Waals surface area (Å²) in [5.74, 6) is -0.446. The van der Waals surface area contributed by atoms with Crippen molar-refractivity contribution in [3.05, 3.63) is 36.3 Å². The van der Waals surface area contributed by atoms with Crippen LogP contribution in [0.3, 0.4) is 0 Å². The van der Waals surface area contributed by atoms with E-state index in [9.17, 15) is 4.79 Å². The molecule has 0 aliphatic rings. The number of methoxy groups -OCH3 is 1. The Labute approximate surface area is 71.7 Å². The van der Waals surface area contributed by atoms with E-state index in [0.29, 0.717) is 5.57 Å². The molecule has 0 aliphatic heterocycles. The zero-order valence-corrected chi connectivity index (χ0v) is 7.20. The van der Waals surface area contributed by atoms with Gasteiger partial charge in [-0.05, 0) is 12.5 Å². The van der Waals surface area contributed by atoms with E-state index in [4.69, 9.17) is 5.11 Å². The molecule has 0 rings (SSSR count). The quantitative estimate of drug-likeness (QED) is 0.395. The van der Waals surface area contributed by atoms with E-state index >= 15 is 0 Å². The maximum atomic E-state index is 10.9. The Kier molecular flexibility index (Phi) is 4.53. The lowest BCUT2D eigenvalue weighted by Crippen LogP contribution is -1.91. The number of ketones is 1. The topological polar surface area (TPSA) is 46.5 Å². The van der Waals surface area contributed by atoms with Crippen molar-refractivity contribution in [1.29, 1.82) is 0 Å². The fourth-order valence-corrected chi connectivity index (χ4v) is 0.441. The zero-order chi connectivity index (χ0) is 9.56. The van der Waals surface area contributed by atoms with Gasteiger partial charge in [-0.15, -0.1) is 0 Å². The van der Waals surface area contributed by atoms with Gasteiger partial charge < -0.3 is 9.84 Å². The molecule has 3 nitrogen and oxygen atoms in total. The molecule has 0 atom stereocenters. The SMILES string of the molecule is C=C(C)/C(O)=C/C(=O)/C=C/OC. The third kappa shape index (κ3) is 4.33. The fourth-order valence-electron chi connectivity index (χ4n) is 0.441. The maximum absolute atomic E-state index is 10.9. The molecular weight excluding hydrogens is 156 g/mol. The molecule has 3 heteroatoms. The second kappa shape index (κ2) is 5.18. The first-order valence-electron chi connectivity index (χ1n) is 3.37. The summed E-state index contributed by atoms with van der Waals surface area (Å²) < 4.78 is 4.52. The highest BCUT2D eigenvalue weighted by Crippen LogP contribution is 2.01. The molecule has 0 fully saturated rings. The van der Waals surface area contributed by atoms with Gasteiger partial charge in [0.15, 0.2) is 5.78 Å². The Hall–Kier alpha value is -1.51. The summed E-state index contributed by atoms with van der Waals surface area (Å²) in [6.07, 6.45) is 3.53. The Morgan fingerprint density at radius 1 is 1.58 bits per heavy atom. The first kappa shape index (κ1) is 10.5. The number of aliphatic hydroxyl groups is 1. The number of hydrogen-bond donors (Lipinski definition) is 1. The summed E-state index contributed by atoms with van der Waals surface area (Å²) >= 11 is 0. The standard InChI is InChI=1S/C9H12O3/c1-7(2)9(11)6-8(10)4-5-12-3/h4-6,11H,1H2,2-3H3/b5-4+,9-6-. The lowest BCUT2D eigenvalue weighted by Gasteiger charge is -1.94. The van der Waals surface area contributed by atoms with Crippen LogP contribution in [0.4, 0.5) is 0 Å². The van der Waals surface area contributed by atoms with Crippen molar-refractivity contribution in [2.24, 2.45) is 0 Å². The minimum atomic E-state index is -0.336. The first-order valence-corrected chi connectivity index (χ1v) is 3.37. The minimum absolute atomic E-state index is 0.110. The van der Waals surface area contributed by atoms with E-state index in [1.54, 1.807) is 6.92 Å². The molecule has 0 saturated carbocycles. The highest BCUT2D eigenvalue weighted by molar-refractivity contribution is 5.99. The van der Waals surface area contributed by atoms with Gasteiger partial charge in [-0.25, -0.2) is 0 Å². The molecule has 0 aliphatic carbocycles. The molecule has 0 radical (unpaired) electrons. The van der Waals surface area contributed by atoms with Gasteiger partial charge >= 0.3 is 0 Å². The number of rotatable bonds is 4. The van der Waals surface area contributed by atoms with Gasteiger partial charge in [-0.2, -0.15) is 0 Å². The lowest BCUT2D eigenvalue weighted by molar-refractivity contribution is -0.110. The van der Waals surface area contributed by atoms with Crippen molar-refractivity contribution in [3.8, 4) is 0 Å². The molecule has 12 heavy (non-hydrogen) atoms. The predicted molar refractivity (Wildman–Crippen MR) is 46.7 cm³/mol. The van der Waals surface area contributed by atoms with Crippen molar-refractivity contribution >= 4 is 5.78 Å². The molecule has 0 bridgehead atoms. The number of aliphatic hydroxyl groups excluding tert-OH is 1. The van der Waals surface area contributed by atoms with Gasteiger partial charge in [0.2, 0.25) is 0 Å².